The third-order valence-corrected chi connectivity index (χ3v) is 5.78. The Morgan fingerprint density at radius 3 is 2.57 bits per heavy atom. The molecule has 5 nitrogen and oxygen atoms in total. The van der Waals surface area contributed by atoms with Crippen LogP contribution in [-0.4, -0.2) is 34.4 Å². The molecule has 1 N–H and O–H groups in total. The standard InChI is InChI=1S/C22H23N3O2S/c1-16-5-7-17(8-6-16)3-2-4-21(26)25-15-28-14-20(25)22(27)24-19-11-9-18(13-23)10-12-19/h5-12,20H,2-4,14-15H2,1H3,(H,24,27). The largest absolute Gasteiger partial charge is 0.324 e. The lowest BCUT2D eigenvalue weighted by Gasteiger charge is -2.23. The Kier molecular flexibility index (Phi) is 6.72. The van der Waals surface area contributed by atoms with Crippen LogP contribution in [0.25, 0.3) is 0 Å². The molecule has 144 valence electrons. The highest BCUT2D eigenvalue weighted by Gasteiger charge is 2.34. The molecular weight excluding hydrogens is 370 g/mol. The normalized spacial score (nSPS) is 15.9. The summed E-state index contributed by atoms with van der Waals surface area (Å²) in [5.41, 5.74) is 3.63. The number of carbonyl (C=O) groups is 2. The van der Waals surface area contributed by atoms with Gasteiger partial charge in [0.1, 0.15) is 6.04 Å². The van der Waals surface area contributed by atoms with Crippen molar-refractivity contribution in [3.05, 3.63) is 65.2 Å². The Morgan fingerprint density at radius 2 is 1.89 bits per heavy atom. The first kappa shape index (κ1) is 20.0. The van der Waals surface area contributed by atoms with Crippen molar-refractivity contribution in [1.29, 1.82) is 5.26 Å². The fourth-order valence-corrected chi connectivity index (χ4v) is 4.28. The first-order valence-electron chi connectivity index (χ1n) is 9.30. The minimum absolute atomic E-state index is 0.0251. The number of amides is 2. The van der Waals surface area contributed by atoms with Gasteiger partial charge >= 0.3 is 0 Å². The van der Waals surface area contributed by atoms with Gasteiger partial charge in [0.25, 0.3) is 0 Å². The van der Waals surface area contributed by atoms with Crippen LogP contribution in [0.15, 0.2) is 48.5 Å². The molecule has 0 radical (unpaired) electrons. The molecule has 1 unspecified atom stereocenters. The number of benzene rings is 2. The van der Waals surface area contributed by atoms with E-state index in [1.165, 1.54) is 11.1 Å². The number of hydrogen-bond donors (Lipinski definition) is 1. The Labute approximate surface area is 169 Å². The number of nitrogens with zero attached hydrogens (tertiary/aromatic N) is 2. The van der Waals surface area contributed by atoms with Gasteiger partial charge in [-0.3, -0.25) is 9.59 Å². The van der Waals surface area contributed by atoms with Gasteiger partial charge in [0, 0.05) is 17.9 Å². The average Bonchev–Trinajstić information content (AvgIpc) is 3.20. The third-order valence-electron chi connectivity index (χ3n) is 4.76. The highest BCUT2D eigenvalue weighted by atomic mass is 32.2. The summed E-state index contributed by atoms with van der Waals surface area (Å²) in [4.78, 5) is 26.9. The molecule has 6 heteroatoms. The fraction of sp³-hybridized carbons (Fsp3) is 0.318. The van der Waals surface area contributed by atoms with Crippen LogP contribution < -0.4 is 5.32 Å². The Hall–Kier alpha value is -2.78. The molecule has 0 aromatic heterocycles. The zero-order chi connectivity index (χ0) is 19.9. The van der Waals surface area contributed by atoms with Crippen LogP contribution in [0, 0.1) is 18.3 Å². The lowest BCUT2D eigenvalue weighted by molar-refractivity contribution is -0.136. The maximum Gasteiger partial charge on any atom is 0.248 e. The Bertz CT molecular complexity index is 872. The van der Waals surface area contributed by atoms with Crippen LogP contribution in [-0.2, 0) is 16.0 Å². The molecular formula is C22H23N3O2S. The zero-order valence-corrected chi connectivity index (χ0v) is 16.7. The van der Waals surface area contributed by atoms with Crippen LogP contribution in [0.5, 0.6) is 0 Å². The van der Waals surface area contributed by atoms with E-state index in [-0.39, 0.29) is 11.8 Å². The fourth-order valence-electron chi connectivity index (χ4n) is 3.10. The zero-order valence-electron chi connectivity index (χ0n) is 15.9. The summed E-state index contributed by atoms with van der Waals surface area (Å²) in [5, 5.41) is 11.7. The molecule has 1 fully saturated rings. The summed E-state index contributed by atoms with van der Waals surface area (Å²) < 4.78 is 0. The lowest BCUT2D eigenvalue weighted by Crippen LogP contribution is -2.44. The number of nitrogens with one attached hydrogen (secondary N) is 1. The first-order valence-corrected chi connectivity index (χ1v) is 10.5. The predicted molar refractivity (Wildman–Crippen MR) is 112 cm³/mol. The number of rotatable bonds is 6. The van der Waals surface area contributed by atoms with Crippen molar-refractivity contribution in [3.8, 4) is 6.07 Å². The summed E-state index contributed by atoms with van der Waals surface area (Å²) in [7, 11) is 0. The summed E-state index contributed by atoms with van der Waals surface area (Å²) in [5.74, 6) is 0.999. The molecule has 2 amide bonds. The van der Waals surface area contributed by atoms with Gasteiger partial charge in [-0.2, -0.15) is 5.26 Å². The molecule has 1 atom stereocenters. The first-order chi connectivity index (χ1) is 13.6. The van der Waals surface area contributed by atoms with Gasteiger partial charge < -0.3 is 10.2 Å². The van der Waals surface area contributed by atoms with Crippen molar-refractivity contribution in [2.45, 2.75) is 32.2 Å². The second kappa shape index (κ2) is 9.43. The van der Waals surface area contributed by atoms with E-state index < -0.39 is 6.04 Å². The third kappa shape index (κ3) is 5.14. The molecule has 1 aliphatic heterocycles. The second-order valence-electron chi connectivity index (χ2n) is 6.90. The van der Waals surface area contributed by atoms with Gasteiger partial charge in [-0.15, -0.1) is 11.8 Å². The van der Waals surface area contributed by atoms with Crippen LogP contribution in [0.4, 0.5) is 5.69 Å². The minimum Gasteiger partial charge on any atom is -0.324 e. The van der Waals surface area contributed by atoms with Crippen molar-refractivity contribution >= 4 is 29.3 Å². The molecule has 3 rings (SSSR count). The Balaban J connectivity index is 1.52. The van der Waals surface area contributed by atoms with Crippen molar-refractivity contribution in [1.82, 2.24) is 4.90 Å². The molecule has 28 heavy (non-hydrogen) atoms. The van der Waals surface area contributed by atoms with E-state index in [1.54, 1.807) is 40.9 Å². The second-order valence-corrected chi connectivity index (χ2v) is 7.90. The molecule has 2 aromatic rings. The summed E-state index contributed by atoms with van der Waals surface area (Å²) in [6.45, 7) is 2.06. The van der Waals surface area contributed by atoms with E-state index in [9.17, 15) is 9.59 Å². The van der Waals surface area contributed by atoms with Crippen LogP contribution in [0.1, 0.15) is 29.5 Å². The van der Waals surface area contributed by atoms with E-state index in [0.717, 1.165) is 12.8 Å². The minimum atomic E-state index is -0.451. The van der Waals surface area contributed by atoms with Crippen molar-refractivity contribution in [3.63, 3.8) is 0 Å². The maximum atomic E-state index is 12.6. The maximum absolute atomic E-state index is 12.6. The summed E-state index contributed by atoms with van der Waals surface area (Å²) >= 11 is 1.60. The number of anilines is 1. The quantitative estimate of drug-likeness (QED) is 0.812. The average molecular weight is 394 g/mol. The molecule has 1 saturated heterocycles. The van der Waals surface area contributed by atoms with Crippen LogP contribution >= 0.6 is 11.8 Å². The van der Waals surface area contributed by atoms with E-state index in [1.807, 2.05) is 6.07 Å². The molecule has 0 aliphatic carbocycles. The van der Waals surface area contributed by atoms with Crippen LogP contribution in [0.3, 0.4) is 0 Å². The predicted octanol–water partition coefficient (Wildman–Crippen LogP) is 3.73. The monoisotopic (exact) mass is 393 g/mol. The van der Waals surface area contributed by atoms with Gasteiger partial charge in [0.2, 0.25) is 11.8 Å². The molecule has 2 aromatic carbocycles. The van der Waals surface area contributed by atoms with Crippen molar-refractivity contribution in [2.75, 3.05) is 16.9 Å². The van der Waals surface area contributed by atoms with E-state index in [2.05, 4.69) is 36.5 Å². The van der Waals surface area contributed by atoms with Gasteiger partial charge in [0.15, 0.2) is 0 Å². The topological polar surface area (TPSA) is 73.2 Å². The number of thioether (sulfide) groups is 1. The SMILES string of the molecule is Cc1ccc(CCCC(=O)N2CSCC2C(=O)Nc2ccc(C#N)cc2)cc1. The molecule has 1 aliphatic rings. The van der Waals surface area contributed by atoms with Crippen molar-refractivity contribution < 1.29 is 9.59 Å². The van der Waals surface area contributed by atoms with Crippen LogP contribution in [0.2, 0.25) is 0 Å². The molecule has 0 bridgehead atoms. The molecule has 1 heterocycles. The molecule has 0 saturated carbocycles. The number of aryl methyl sites for hydroxylation is 2. The highest BCUT2D eigenvalue weighted by molar-refractivity contribution is 7.99. The summed E-state index contributed by atoms with van der Waals surface area (Å²) in [6.07, 6.45) is 2.07. The lowest BCUT2D eigenvalue weighted by atomic mass is 10.1. The molecule has 0 spiro atoms. The Morgan fingerprint density at radius 1 is 1.18 bits per heavy atom. The highest BCUT2D eigenvalue weighted by Crippen LogP contribution is 2.24. The van der Waals surface area contributed by atoms with Gasteiger partial charge in [-0.05, 0) is 49.6 Å². The van der Waals surface area contributed by atoms with Gasteiger partial charge in [0.05, 0.1) is 17.5 Å². The van der Waals surface area contributed by atoms with E-state index >= 15 is 0 Å². The summed E-state index contributed by atoms with van der Waals surface area (Å²) in [6, 6.07) is 16.7. The van der Waals surface area contributed by atoms with Gasteiger partial charge in [-0.1, -0.05) is 29.8 Å². The number of carbonyl (C=O) groups excluding carboxylic acids is 2. The number of hydrogen-bond acceptors (Lipinski definition) is 4. The van der Waals surface area contributed by atoms with Crippen molar-refractivity contribution in [2.24, 2.45) is 0 Å². The van der Waals surface area contributed by atoms with Gasteiger partial charge in [-0.25, -0.2) is 0 Å². The van der Waals surface area contributed by atoms with E-state index in [4.69, 9.17) is 5.26 Å². The number of nitriles is 1. The smallest absolute Gasteiger partial charge is 0.248 e. The van der Waals surface area contributed by atoms with E-state index in [0.29, 0.717) is 29.3 Å².